The van der Waals surface area contributed by atoms with E-state index >= 15 is 0 Å². The fourth-order valence-electron chi connectivity index (χ4n) is 2.96. The summed E-state index contributed by atoms with van der Waals surface area (Å²) in [6.45, 7) is 1.50. The molecule has 2 aromatic heterocycles. The van der Waals surface area contributed by atoms with Crippen LogP contribution in [0, 0.1) is 0 Å². The number of nitrogens with two attached hydrogens (primary N) is 1. The van der Waals surface area contributed by atoms with Crippen LogP contribution in [0.5, 0.6) is 0 Å². The molecule has 0 spiro atoms. The molecule has 1 aliphatic rings. The van der Waals surface area contributed by atoms with Gasteiger partial charge in [0.15, 0.2) is 0 Å². The molecule has 3 heterocycles. The highest BCUT2D eigenvalue weighted by atomic mass is 35.5. The lowest BCUT2D eigenvalue weighted by atomic mass is 10.0. The molecule has 0 unspecified atom stereocenters. The molecule has 7 nitrogen and oxygen atoms in total. The molecule has 2 aromatic rings. The van der Waals surface area contributed by atoms with Crippen molar-refractivity contribution in [2.24, 2.45) is 5.73 Å². The Morgan fingerprint density at radius 1 is 1.55 bits per heavy atom. The lowest BCUT2D eigenvalue weighted by Gasteiger charge is -2.34. The molecule has 1 saturated heterocycles. The number of amides is 2. The molecule has 0 radical (unpaired) electrons. The molecule has 0 saturated carbocycles. The van der Waals surface area contributed by atoms with E-state index in [0.29, 0.717) is 17.2 Å². The molecule has 1 aliphatic heterocycles. The molecule has 3 N–H and O–H groups in total. The number of halogens is 1. The van der Waals surface area contributed by atoms with Crippen molar-refractivity contribution in [3.63, 3.8) is 0 Å². The minimum Gasteiger partial charge on any atom is -0.368 e. The molecule has 1 fully saturated rings. The van der Waals surface area contributed by atoms with Crippen molar-refractivity contribution < 1.29 is 9.59 Å². The zero-order valence-corrected chi connectivity index (χ0v) is 12.6. The van der Waals surface area contributed by atoms with Crippen molar-refractivity contribution in [2.45, 2.75) is 18.9 Å². The summed E-state index contributed by atoms with van der Waals surface area (Å²) in [5.74, 6) is 0. The second-order valence-corrected chi connectivity index (χ2v) is 5.69. The Balaban J connectivity index is 2.04. The minimum absolute atomic E-state index is 0.0868. The molecule has 3 rings (SSSR count). The summed E-state index contributed by atoms with van der Waals surface area (Å²) in [5.41, 5.74) is 6.65. The van der Waals surface area contributed by atoms with Gasteiger partial charge < -0.3 is 16.0 Å². The van der Waals surface area contributed by atoms with Gasteiger partial charge in [0.25, 0.3) is 0 Å². The Kier molecular flexibility index (Phi) is 3.89. The number of fused-ring (bicyclic) bond motifs is 1. The summed E-state index contributed by atoms with van der Waals surface area (Å²) >= 11 is 6.33. The van der Waals surface area contributed by atoms with E-state index in [1.165, 1.54) is 10.8 Å². The predicted octanol–water partition coefficient (Wildman–Crippen LogP) is 1.33. The number of hydrogen-bond acceptors (Lipinski definition) is 4. The van der Waals surface area contributed by atoms with Gasteiger partial charge in [0.05, 0.1) is 16.9 Å². The Bertz CT molecular complexity index is 729. The normalized spacial score (nSPS) is 18.4. The number of piperidine rings is 1. The monoisotopic (exact) mass is 321 g/mol. The van der Waals surface area contributed by atoms with Crippen LogP contribution in [0.4, 0.5) is 10.5 Å². The number of pyridine rings is 1. The predicted molar refractivity (Wildman–Crippen MR) is 84.2 cm³/mol. The highest BCUT2D eigenvalue weighted by Crippen LogP contribution is 2.35. The molecule has 0 aromatic carbocycles. The van der Waals surface area contributed by atoms with Crippen molar-refractivity contribution in [1.29, 1.82) is 0 Å². The third kappa shape index (κ3) is 2.48. The first-order valence-electron chi connectivity index (χ1n) is 7.02. The number of nitrogens with zero attached hydrogens (tertiary/aromatic N) is 3. The average molecular weight is 322 g/mol. The number of primary amides is 1. The van der Waals surface area contributed by atoms with Crippen molar-refractivity contribution >= 4 is 40.8 Å². The topological polar surface area (TPSA) is 93.3 Å². The second-order valence-electron chi connectivity index (χ2n) is 5.29. The molecular weight excluding hydrogens is 306 g/mol. The Hall–Kier alpha value is -2.28. The second kappa shape index (κ2) is 5.84. The van der Waals surface area contributed by atoms with E-state index in [1.54, 1.807) is 12.3 Å². The van der Waals surface area contributed by atoms with Gasteiger partial charge in [-0.3, -0.25) is 9.36 Å². The van der Waals surface area contributed by atoms with Gasteiger partial charge in [-0.25, -0.2) is 9.78 Å². The standard InChI is InChI=1S/C14H16ClN5O2/c15-11-6-17-13-10(3-5-20(13)14(16)22)12(11)19-4-1-2-9(7-19)18-8-21/h3,5-6,8-9H,1-2,4,7H2,(H2,16,22)(H,18,21)/t9-/m1/s1. The first kappa shape index (κ1) is 14.6. The maximum absolute atomic E-state index is 11.4. The molecule has 8 heteroatoms. The fourth-order valence-corrected chi connectivity index (χ4v) is 3.23. The third-order valence-electron chi connectivity index (χ3n) is 3.92. The van der Waals surface area contributed by atoms with Crippen LogP contribution in [0.3, 0.4) is 0 Å². The average Bonchev–Trinajstić information content (AvgIpc) is 2.91. The Morgan fingerprint density at radius 2 is 2.36 bits per heavy atom. The summed E-state index contributed by atoms with van der Waals surface area (Å²) in [5, 5.41) is 4.11. The van der Waals surface area contributed by atoms with Crippen LogP contribution >= 0.6 is 11.6 Å². The summed E-state index contributed by atoms with van der Waals surface area (Å²) in [6.07, 6.45) is 5.72. The molecule has 22 heavy (non-hydrogen) atoms. The van der Waals surface area contributed by atoms with Gasteiger partial charge in [-0.05, 0) is 18.9 Å². The van der Waals surface area contributed by atoms with Gasteiger partial charge in [0.1, 0.15) is 5.65 Å². The lowest BCUT2D eigenvalue weighted by molar-refractivity contribution is -0.110. The van der Waals surface area contributed by atoms with Crippen LogP contribution in [0.1, 0.15) is 12.8 Å². The highest BCUT2D eigenvalue weighted by molar-refractivity contribution is 6.34. The summed E-state index contributed by atoms with van der Waals surface area (Å²) in [4.78, 5) is 28.4. The molecule has 2 amide bonds. The first-order chi connectivity index (χ1) is 10.6. The zero-order valence-electron chi connectivity index (χ0n) is 11.8. The first-order valence-corrected chi connectivity index (χ1v) is 7.39. The van der Waals surface area contributed by atoms with Crippen LogP contribution in [0.15, 0.2) is 18.5 Å². The quantitative estimate of drug-likeness (QED) is 0.834. The molecule has 0 aliphatic carbocycles. The fraction of sp³-hybridized carbons (Fsp3) is 0.357. The van der Waals surface area contributed by atoms with Crippen molar-refractivity contribution in [3.8, 4) is 0 Å². The van der Waals surface area contributed by atoms with E-state index in [0.717, 1.165) is 36.9 Å². The smallest absolute Gasteiger partial charge is 0.324 e. The maximum Gasteiger partial charge on any atom is 0.324 e. The Morgan fingerprint density at radius 3 is 3.09 bits per heavy atom. The van der Waals surface area contributed by atoms with Crippen molar-refractivity contribution in [1.82, 2.24) is 14.9 Å². The van der Waals surface area contributed by atoms with E-state index in [1.807, 2.05) is 0 Å². The van der Waals surface area contributed by atoms with Gasteiger partial charge in [-0.15, -0.1) is 0 Å². The Labute approximate surface area is 132 Å². The van der Waals surface area contributed by atoms with Gasteiger partial charge in [0, 0.05) is 30.7 Å². The largest absolute Gasteiger partial charge is 0.368 e. The number of aromatic nitrogens is 2. The maximum atomic E-state index is 11.4. The number of carbonyl (C=O) groups is 2. The SMILES string of the molecule is NC(=O)n1ccc2c(N3CCC[C@@H](NC=O)C3)c(Cl)cnc21. The van der Waals surface area contributed by atoms with E-state index < -0.39 is 6.03 Å². The highest BCUT2D eigenvalue weighted by Gasteiger charge is 2.24. The van der Waals surface area contributed by atoms with Crippen molar-refractivity contribution in [2.75, 3.05) is 18.0 Å². The van der Waals surface area contributed by atoms with Crippen LogP contribution in [-0.4, -0.2) is 41.1 Å². The van der Waals surface area contributed by atoms with Gasteiger partial charge in [-0.2, -0.15) is 0 Å². The molecular formula is C14H16ClN5O2. The molecule has 1 atom stereocenters. The van der Waals surface area contributed by atoms with Gasteiger partial charge in [-0.1, -0.05) is 11.6 Å². The number of nitrogens with one attached hydrogen (secondary N) is 1. The van der Waals surface area contributed by atoms with Crippen LogP contribution in [0.2, 0.25) is 5.02 Å². The third-order valence-corrected chi connectivity index (χ3v) is 4.20. The summed E-state index contributed by atoms with van der Waals surface area (Å²) < 4.78 is 1.29. The van der Waals surface area contributed by atoms with Crippen LogP contribution in [-0.2, 0) is 4.79 Å². The number of rotatable bonds is 3. The lowest BCUT2D eigenvalue weighted by Crippen LogP contribution is -2.45. The number of anilines is 1. The van der Waals surface area contributed by atoms with Crippen molar-refractivity contribution in [3.05, 3.63) is 23.5 Å². The van der Waals surface area contributed by atoms with Gasteiger partial charge >= 0.3 is 6.03 Å². The van der Waals surface area contributed by atoms with E-state index in [2.05, 4.69) is 15.2 Å². The van der Waals surface area contributed by atoms with Crippen LogP contribution in [0.25, 0.3) is 11.0 Å². The minimum atomic E-state index is -0.588. The van der Waals surface area contributed by atoms with Crippen LogP contribution < -0.4 is 16.0 Å². The summed E-state index contributed by atoms with van der Waals surface area (Å²) in [6, 6.07) is 1.28. The number of hydrogen-bond donors (Lipinski definition) is 2. The molecule has 116 valence electrons. The van der Waals surface area contributed by atoms with E-state index in [-0.39, 0.29) is 6.04 Å². The zero-order chi connectivity index (χ0) is 15.7. The van der Waals surface area contributed by atoms with E-state index in [9.17, 15) is 9.59 Å². The molecule has 0 bridgehead atoms. The van der Waals surface area contributed by atoms with E-state index in [4.69, 9.17) is 17.3 Å². The van der Waals surface area contributed by atoms with Gasteiger partial charge in [0.2, 0.25) is 6.41 Å². The summed E-state index contributed by atoms with van der Waals surface area (Å²) in [7, 11) is 0. The number of carbonyl (C=O) groups excluding carboxylic acids is 2.